The summed E-state index contributed by atoms with van der Waals surface area (Å²) < 4.78 is 4.93. The summed E-state index contributed by atoms with van der Waals surface area (Å²) >= 11 is 0. The predicted octanol–water partition coefficient (Wildman–Crippen LogP) is -0.595. The maximum Gasteiger partial charge on any atom is 0.407 e. The molecule has 0 aliphatic carbocycles. The van der Waals surface area contributed by atoms with Crippen molar-refractivity contribution in [1.29, 1.82) is 0 Å². The summed E-state index contributed by atoms with van der Waals surface area (Å²) in [5.41, 5.74) is 2.67. The van der Waals surface area contributed by atoms with Crippen LogP contribution in [0.25, 0.3) is 0 Å². The highest BCUT2D eigenvalue weighted by molar-refractivity contribution is 5.80. The van der Waals surface area contributed by atoms with Crippen molar-refractivity contribution in [3.63, 3.8) is 0 Å². The van der Waals surface area contributed by atoms with Crippen LogP contribution < -0.4 is 26.7 Å². The van der Waals surface area contributed by atoms with E-state index < -0.39 is 18.1 Å². The van der Waals surface area contributed by atoms with Crippen LogP contribution >= 0.6 is 0 Å². The van der Waals surface area contributed by atoms with E-state index in [2.05, 4.69) is 26.7 Å². The average Bonchev–Trinajstić information content (AvgIpc) is 3.43. The van der Waals surface area contributed by atoms with Crippen LogP contribution in [0.4, 0.5) is 4.79 Å². The lowest BCUT2D eigenvalue weighted by molar-refractivity contribution is -0.140. The van der Waals surface area contributed by atoms with Crippen LogP contribution in [-0.4, -0.2) is 79.7 Å². The van der Waals surface area contributed by atoms with Crippen molar-refractivity contribution in [2.45, 2.75) is 57.5 Å². The van der Waals surface area contributed by atoms with Crippen molar-refractivity contribution in [1.82, 2.24) is 31.6 Å². The number of hydroxylamine groups is 1. The number of hydrogen-bond donors (Lipinski definition) is 6. The van der Waals surface area contributed by atoms with E-state index in [1.54, 1.807) is 6.08 Å². The molecule has 12 nitrogen and oxygen atoms in total. The van der Waals surface area contributed by atoms with Gasteiger partial charge < -0.3 is 15.2 Å². The fraction of sp³-hybridized carbons (Fsp3) is 0.737. The van der Waals surface area contributed by atoms with Crippen molar-refractivity contribution >= 4 is 18.5 Å². The second kappa shape index (κ2) is 13.8. The van der Waals surface area contributed by atoms with Gasteiger partial charge >= 0.3 is 12.1 Å². The van der Waals surface area contributed by atoms with Crippen LogP contribution in [0.2, 0.25) is 0 Å². The molecule has 0 aromatic heterocycles. The molecular weight excluding hydrogens is 408 g/mol. The number of unbranched alkanes of at least 4 members (excludes halogenated alkanes) is 2. The molecule has 2 aliphatic heterocycles. The van der Waals surface area contributed by atoms with Crippen LogP contribution in [0.3, 0.4) is 0 Å². The standard InChI is InChI=1S/C19H34N6O6/c1-2-3-10-30-19(29)23-15(17(27)28)12-25(13-26)16-11-14(31-24-16)6-4-5-7-20-18-21-8-9-22-18/h11,13-15,18,20-22,24H,2-10,12H2,1H3,(H,23,29)(H,27,28). The summed E-state index contributed by atoms with van der Waals surface area (Å²) in [5, 5.41) is 21.6. The van der Waals surface area contributed by atoms with Crippen LogP contribution in [0.1, 0.15) is 39.0 Å². The average molecular weight is 443 g/mol. The lowest BCUT2D eigenvalue weighted by Gasteiger charge is -2.22. The third kappa shape index (κ3) is 9.09. The lowest BCUT2D eigenvalue weighted by atomic mass is 10.1. The van der Waals surface area contributed by atoms with Gasteiger partial charge in [0, 0.05) is 13.1 Å². The SMILES string of the molecule is CCCCOC(=O)NC(CN(C=O)C1=CC(CCCCNC2NCCN2)ON1)C(=O)O. The Morgan fingerprint density at radius 1 is 1.35 bits per heavy atom. The quantitative estimate of drug-likeness (QED) is 0.143. The number of aliphatic carboxylic acids is 1. The summed E-state index contributed by atoms with van der Waals surface area (Å²) in [6.07, 6.45) is 5.51. The smallest absolute Gasteiger partial charge is 0.407 e. The highest BCUT2D eigenvalue weighted by Crippen LogP contribution is 2.15. The van der Waals surface area contributed by atoms with Crippen LogP contribution in [0.15, 0.2) is 11.9 Å². The van der Waals surface area contributed by atoms with Gasteiger partial charge in [0.25, 0.3) is 0 Å². The summed E-state index contributed by atoms with van der Waals surface area (Å²) in [5.74, 6) is -0.918. The highest BCUT2D eigenvalue weighted by atomic mass is 16.7. The Hall–Kier alpha value is -2.41. The van der Waals surface area contributed by atoms with Gasteiger partial charge in [-0.25, -0.2) is 9.59 Å². The van der Waals surface area contributed by atoms with Crippen molar-refractivity contribution in [2.75, 3.05) is 32.8 Å². The highest BCUT2D eigenvalue weighted by Gasteiger charge is 2.27. The molecule has 1 saturated heterocycles. The third-order valence-corrected chi connectivity index (χ3v) is 4.88. The van der Waals surface area contributed by atoms with Crippen molar-refractivity contribution in [3.05, 3.63) is 11.9 Å². The van der Waals surface area contributed by atoms with E-state index in [1.165, 1.54) is 0 Å². The zero-order valence-corrected chi connectivity index (χ0v) is 17.9. The molecule has 2 rings (SSSR count). The molecule has 6 N–H and O–H groups in total. The van der Waals surface area contributed by atoms with Crippen molar-refractivity contribution in [2.24, 2.45) is 0 Å². The Kier molecular flexibility index (Phi) is 11.1. The summed E-state index contributed by atoms with van der Waals surface area (Å²) in [6, 6.07) is -1.31. The Morgan fingerprint density at radius 2 is 2.13 bits per heavy atom. The lowest BCUT2D eigenvalue weighted by Crippen LogP contribution is -2.49. The second-order valence-electron chi connectivity index (χ2n) is 7.38. The first-order chi connectivity index (χ1) is 15.0. The molecule has 0 bridgehead atoms. The predicted molar refractivity (Wildman–Crippen MR) is 111 cm³/mol. The number of nitrogens with zero attached hydrogens (tertiary/aromatic N) is 1. The summed E-state index contributed by atoms with van der Waals surface area (Å²) in [4.78, 5) is 41.4. The van der Waals surface area contributed by atoms with Gasteiger partial charge in [-0.05, 0) is 38.3 Å². The van der Waals surface area contributed by atoms with E-state index in [0.717, 1.165) is 50.2 Å². The van der Waals surface area contributed by atoms with E-state index >= 15 is 0 Å². The minimum atomic E-state index is -1.31. The number of hydrogen-bond acceptors (Lipinski definition) is 9. The molecule has 2 heterocycles. The fourth-order valence-electron chi connectivity index (χ4n) is 3.12. The molecule has 0 saturated carbocycles. The van der Waals surface area contributed by atoms with Crippen LogP contribution in [0, 0.1) is 0 Å². The minimum Gasteiger partial charge on any atom is -0.480 e. The zero-order valence-electron chi connectivity index (χ0n) is 17.9. The molecule has 176 valence electrons. The largest absolute Gasteiger partial charge is 0.480 e. The fourth-order valence-corrected chi connectivity index (χ4v) is 3.12. The van der Waals surface area contributed by atoms with E-state index in [1.807, 2.05) is 6.92 Å². The molecule has 0 spiro atoms. The Labute approximate surface area is 182 Å². The maximum absolute atomic E-state index is 11.8. The zero-order chi connectivity index (χ0) is 22.5. The van der Waals surface area contributed by atoms with Crippen LogP contribution in [-0.2, 0) is 19.2 Å². The molecule has 12 heteroatoms. The number of alkyl carbamates (subject to hydrolysis) is 1. The third-order valence-electron chi connectivity index (χ3n) is 4.88. The Bertz CT molecular complexity index is 613. The first-order valence-corrected chi connectivity index (χ1v) is 10.7. The summed E-state index contributed by atoms with van der Waals surface area (Å²) in [6.45, 7) is 4.67. The molecule has 0 aromatic rings. The van der Waals surface area contributed by atoms with Crippen molar-refractivity contribution in [3.8, 4) is 0 Å². The molecule has 0 aromatic carbocycles. The molecule has 0 radical (unpaired) electrons. The van der Waals surface area contributed by atoms with Gasteiger partial charge in [-0.15, -0.1) is 0 Å². The van der Waals surface area contributed by atoms with E-state index in [9.17, 15) is 19.5 Å². The van der Waals surface area contributed by atoms with Gasteiger partial charge in [0.15, 0.2) is 0 Å². The normalized spacial score (nSPS) is 19.4. The van der Waals surface area contributed by atoms with Gasteiger partial charge in [-0.3, -0.25) is 36.0 Å². The number of ether oxygens (including phenoxy) is 1. The van der Waals surface area contributed by atoms with Crippen molar-refractivity contribution < 1.29 is 29.1 Å². The molecule has 2 atom stereocenters. The molecule has 2 aliphatic rings. The molecule has 1 fully saturated rings. The molecule has 31 heavy (non-hydrogen) atoms. The van der Waals surface area contributed by atoms with E-state index in [-0.39, 0.29) is 25.5 Å². The number of carbonyl (C=O) groups excluding carboxylic acids is 2. The number of carbonyl (C=O) groups is 3. The maximum atomic E-state index is 11.8. The van der Waals surface area contributed by atoms with Gasteiger partial charge in [-0.2, -0.15) is 0 Å². The number of rotatable bonds is 15. The van der Waals surface area contributed by atoms with Gasteiger partial charge in [0.05, 0.1) is 13.2 Å². The number of amides is 2. The van der Waals surface area contributed by atoms with Gasteiger partial charge in [0.1, 0.15) is 24.3 Å². The van der Waals surface area contributed by atoms with E-state index in [0.29, 0.717) is 18.7 Å². The topological polar surface area (TPSA) is 153 Å². The summed E-state index contributed by atoms with van der Waals surface area (Å²) in [7, 11) is 0. The Morgan fingerprint density at radius 3 is 2.81 bits per heavy atom. The van der Waals surface area contributed by atoms with Gasteiger partial charge in [-0.1, -0.05) is 13.3 Å². The molecule has 2 amide bonds. The van der Waals surface area contributed by atoms with Crippen LogP contribution in [0.5, 0.6) is 0 Å². The van der Waals surface area contributed by atoms with Gasteiger partial charge in [0.2, 0.25) is 6.41 Å². The molecule has 2 unspecified atom stereocenters. The number of carboxylic acids is 1. The second-order valence-corrected chi connectivity index (χ2v) is 7.38. The monoisotopic (exact) mass is 442 g/mol. The Balaban J connectivity index is 1.74. The molecular formula is C19H34N6O6. The number of nitrogens with one attached hydrogen (secondary N) is 5. The first kappa shape index (κ1) is 24.9. The minimum absolute atomic E-state index is 0.164. The number of carboxylic acid groups (broad SMARTS) is 1. The first-order valence-electron chi connectivity index (χ1n) is 10.7. The van der Waals surface area contributed by atoms with E-state index in [4.69, 9.17) is 9.57 Å².